The highest BCUT2D eigenvalue weighted by atomic mass is 16.5. The van der Waals surface area contributed by atoms with Crippen LogP contribution in [0.4, 0.5) is 11.8 Å². The number of methoxy groups -OCH3 is 1. The maximum Gasteiger partial charge on any atom is 0.328 e. The van der Waals surface area contributed by atoms with Crippen molar-refractivity contribution >= 4 is 17.7 Å². The zero-order valence-corrected chi connectivity index (χ0v) is 19.6. The number of ether oxygens (including phenoxy) is 1. The molecule has 1 aliphatic rings. The summed E-state index contributed by atoms with van der Waals surface area (Å²) in [5, 5.41) is 17.7. The molecule has 0 bridgehead atoms. The van der Waals surface area contributed by atoms with Gasteiger partial charge in [-0.2, -0.15) is 5.26 Å². The first kappa shape index (κ1) is 22.9. The summed E-state index contributed by atoms with van der Waals surface area (Å²) in [6.45, 7) is 1.13. The molecule has 1 atom stereocenters. The second kappa shape index (κ2) is 9.79. The van der Waals surface area contributed by atoms with Gasteiger partial charge in [0, 0.05) is 12.1 Å². The molecule has 180 valence electrons. The van der Waals surface area contributed by atoms with Gasteiger partial charge in [-0.15, -0.1) is 5.10 Å². The van der Waals surface area contributed by atoms with Gasteiger partial charge >= 0.3 is 5.97 Å². The molecule has 0 unspecified atom stereocenters. The monoisotopic (exact) mass is 481 g/mol. The molecule has 4 aromatic rings. The molecular formula is C25H23N9O2. The Morgan fingerprint density at radius 3 is 2.81 bits per heavy atom. The SMILES string of the molecule is COC(=O)[C@H]1CCCN1c1cccc(Cn2cc(-c3cc(-c4cccc(C#N)c4)nc(N)n3)nn2)n1. The Morgan fingerprint density at radius 1 is 1.14 bits per heavy atom. The lowest BCUT2D eigenvalue weighted by Crippen LogP contribution is -2.37. The van der Waals surface area contributed by atoms with Crippen molar-refractivity contribution in [1.29, 1.82) is 5.26 Å². The number of pyridine rings is 1. The summed E-state index contributed by atoms with van der Waals surface area (Å²) in [6.07, 6.45) is 3.41. The van der Waals surface area contributed by atoms with Gasteiger partial charge in [-0.1, -0.05) is 23.4 Å². The highest BCUT2D eigenvalue weighted by molar-refractivity contribution is 5.80. The molecule has 0 amide bonds. The van der Waals surface area contributed by atoms with Crippen LogP contribution >= 0.6 is 0 Å². The molecule has 1 saturated heterocycles. The molecule has 1 aliphatic heterocycles. The number of rotatable bonds is 6. The van der Waals surface area contributed by atoms with Gasteiger partial charge in [-0.05, 0) is 43.2 Å². The van der Waals surface area contributed by atoms with Crippen molar-refractivity contribution in [3.8, 4) is 28.7 Å². The Balaban J connectivity index is 1.37. The quantitative estimate of drug-likeness (QED) is 0.407. The summed E-state index contributed by atoms with van der Waals surface area (Å²) < 4.78 is 6.61. The lowest BCUT2D eigenvalue weighted by molar-refractivity contribution is -0.141. The Morgan fingerprint density at radius 2 is 1.97 bits per heavy atom. The Hall–Kier alpha value is -4.85. The number of carbonyl (C=O) groups is 1. The maximum absolute atomic E-state index is 12.1. The lowest BCUT2D eigenvalue weighted by atomic mass is 10.1. The number of anilines is 2. The van der Waals surface area contributed by atoms with Crippen molar-refractivity contribution in [2.75, 3.05) is 24.3 Å². The summed E-state index contributed by atoms with van der Waals surface area (Å²) in [4.78, 5) is 27.5. The first-order valence-corrected chi connectivity index (χ1v) is 11.4. The van der Waals surface area contributed by atoms with Crippen molar-refractivity contribution in [2.24, 2.45) is 0 Å². The van der Waals surface area contributed by atoms with Crippen LogP contribution in [-0.4, -0.2) is 55.6 Å². The summed E-state index contributed by atoms with van der Waals surface area (Å²) in [5.41, 5.74) is 9.66. The topological polar surface area (TPSA) is 149 Å². The van der Waals surface area contributed by atoms with Crippen LogP contribution in [0.25, 0.3) is 22.6 Å². The second-order valence-corrected chi connectivity index (χ2v) is 8.35. The summed E-state index contributed by atoms with van der Waals surface area (Å²) >= 11 is 0. The zero-order valence-electron chi connectivity index (χ0n) is 19.6. The predicted molar refractivity (Wildman–Crippen MR) is 131 cm³/mol. The van der Waals surface area contributed by atoms with E-state index in [2.05, 4.69) is 26.3 Å². The van der Waals surface area contributed by atoms with Crippen molar-refractivity contribution in [3.05, 3.63) is 66.0 Å². The zero-order chi connectivity index (χ0) is 25.1. The number of hydrogen-bond acceptors (Lipinski definition) is 10. The smallest absolute Gasteiger partial charge is 0.328 e. The van der Waals surface area contributed by atoms with E-state index in [1.807, 2.05) is 29.2 Å². The molecule has 0 aliphatic carbocycles. The third kappa shape index (κ3) is 4.69. The van der Waals surface area contributed by atoms with E-state index >= 15 is 0 Å². The molecule has 4 heterocycles. The molecule has 5 rings (SSSR count). The highest BCUT2D eigenvalue weighted by Crippen LogP contribution is 2.26. The van der Waals surface area contributed by atoms with Crippen molar-refractivity contribution in [1.82, 2.24) is 29.9 Å². The summed E-state index contributed by atoms with van der Waals surface area (Å²) in [6, 6.07) is 16.4. The molecule has 1 aromatic carbocycles. The fraction of sp³-hybridized carbons (Fsp3) is 0.240. The number of nitrogens with zero attached hydrogens (tertiary/aromatic N) is 8. The highest BCUT2D eigenvalue weighted by Gasteiger charge is 2.32. The van der Waals surface area contributed by atoms with Crippen LogP contribution in [-0.2, 0) is 16.1 Å². The maximum atomic E-state index is 12.1. The molecule has 2 N–H and O–H groups in total. The molecule has 1 fully saturated rings. The van der Waals surface area contributed by atoms with Crippen LogP contribution in [0.2, 0.25) is 0 Å². The number of esters is 1. The largest absolute Gasteiger partial charge is 0.467 e. The standard InChI is InChI=1S/C25H23N9O2/c1-36-24(35)22-8-4-10-34(22)23-9-3-7-18(28-23)14-33-15-21(31-32-33)20-12-19(29-25(27)30-20)17-6-2-5-16(11-17)13-26/h2-3,5-7,9,11-12,15,22H,4,8,10,14H2,1H3,(H2,27,29,30)/t22-/m1/s1. The van der Waals surface area contributed by atoms with Gasteiger partial charge in [0.25, 0.3) is 0 Å². The van der Waals surface area contributed by atoms with Gasteiger partial charge in [-0.3, -0.25) is 0 Å². The van der Waals surface area contributed by atoms with E-state index < -0.39 is 0 Å². The minimum atomic E-state index is -0.318. The van der Waals surface area contributed by atoms with E-state index in [0.29, 0.717) is 29.2 Å². The molecule has 0 saturated carbocycles. The van der Waals surface area contributed by atoms with Crippen LogP contribution in [0.15, 0.2) is 54.7 Å². The summed E-state index contributed by atoms with van der Waals surface area (Å²) in [7, 11) is 1.41. The van der Waals surface area contributed by atoms with Gasteiger partial charge in [0.2, 0.25) is 5.95 Å². The number of carbonyl (C=O) groups excluding carboxylic acids is 1. The Bertz CT molecular complexity index is 1460. The Kier molecular flexibility index (Phi) is 6.23. The fourth-order valence-corrected chi connectivity index (χ4v) is 4.29. The van der Waals surface area contributed by atoms with Gasteiger partial charge in [0.1, 0.15) is 17.6 Å². The predicted octanol–water partition coefficient (Wildman–Crippen LogP) is 2.44. The van der Waals surface area contributed by atoms with E-state index in [4.69, 9.17) is 15.5 Å². The van der Waals surface area contributed by atoms with Gasteiger partial charge in [-0.25, -0.2) is 24.4 Å². The number of nitriles is 1. The van der Waals surface area contributed by atoms with E-state index in [9.17, 15) is 10.1 Å². The third-order valence-electron chi connectivity index (χ3n) is 5.97. The van der Waals surface area contributed by atoms with Gasteiger partial charge < -0.3 is 15.4 Å². The molecular weight excluding hydrogens is 458 g/mol. The van der Waals surface area contributed by atoms with Crippen molar-refractivity contribution < 1.29 is 9.53 Å². The van der Waals surface area contributed by atoms with Gasteiger partial charge in [0.15, 0.2) is 0 Å². The molecule has 11 heteroatoms. The van der Waals surface area contributed by atoms with E-state index in [1.54, 1.807) is 35.1 Å². The van der Waals surface area contributed by atoms with Crippen molar-refractivity contribution in [3.63, 3.8) is 0 Å². The van der Waals surface area contributed by atoms with Crippen LogP contribution in [0.3, 0.4) is 0 Å². The number of nitrogens with two attached hydrogens (primary N) is 1. The fourth-order valence-electron chi connectivity index (χ4n) is 4.29. The van der Waals surface area contributed by atoms with Crippen LogP contribution in [0, 0.1) is 11.3 Å². The molecule has 0 radical (unpaired) electrons. The average molecular weight is 482 g/mol. The molecule has 0 spiro atoms. The van der Waals surface area contributed by atoms with E-state index in [-0.39, 0.29) is 18.0 Å². The molecule has 36 heavy (non-hydrogen) atoms. The Labute approximate surface area is 207 Å². The van der Waals surface area contributed by atoms with E-state index in [0.717, 1.165) is 36.5 Å². The third-order valence-corrected chi connectivity index (χ3v) is 5.97. The van der Waals surface area contributed by atoms with Crippen LogP contribution < -0.4 is 10.6 Å². The number of benzene rings is 1. The van der Waals surface area contributed by atoms with Gasteiger partial charge in [0.05, 0.1) is 48.6 Å². The average Bonchev–Trinajstić information content (AvgIpc) is 3.58. The minimum Gasteiger partial charge on any atom is -0.467 e. The van der Waals surface area contributed by atoms with Crippen molar-refractivity contribution in [2.45, 2.75) is 25.4 Å². The first-order valence-electron chi connectivity index (χ1n) is 11.4. The minimum absolute atomic E-state index is 0.0968. The molecule has 3 aromatic heterocycles. The second-order valence-electron chi connectivity index (χ2n) is 8.35. The number of nitrogen functional groups attached to an aromatic ring is 1. The normalized spacial score (nSPS) is 15.0. The first-order chi connectivity index (χ1) is 17.5. The van der Waals surface area contributed by atoms with Crippen LogP contribution in [0.1, 0.15) is 24.1 Å². The summed E-state index contributed by atoms with van der Waals surface area (Å²) in [5.74, 6) is 0.580. The molecule has 11 nitrogen and oxygen atoms in total. The van der Waals surface area contributed by atoms with E-state index in [1.165, 1.54) is 7.11 Å². The number of aromatic nitrogens is 6. The number of hydrogen-bond donors (Lipinski definition) is 1. The lowest BCUT2D eigenvalue weighted by Gasteiger charge is -2.24. The van der Waals surface area contributed by atoms with Crippen LogP contribution in [0.5, 0.6) is 0 Å².